The van der Waals surface area contributed by atoms with Gasteiger partial charge in [0.15, 0.2) is 12.6 Å². The Morgan fingerprint density at radius 3 is 2.47 bits per heavy atom. The minimum Gasteiger partial charge on any atom is -0.484 e. The van der Waals surface area contributed by atoms with Gasteiger partial charge in [-0.15, -0.1) is 0 Å². The molecule has 7 heteroatoms. The summed E-state index contributed by atoms with van der Waals surface area (Å²) in [6.07, 6.45) is 0.840. The first-order valence-electron chi connectivity index (χ1n) is 10.1. The predicted octanol–water partition coefficient (Wildman–Crippen LogP) is 2.11. The molecule has 2 rings (SSSR count). The minimum absolute atomic E-state index is 0.112. The molecule has 162 valence electrons. The van der Waals surface area contributed by atoms with Crippen LogP contribution in [-0.4, -0.2) is 45.2 Å². The van der Waals surface area contributed by atoms with E-state index in [1.807, 2.05) is 42.5 Å². The minimum atomic E-state index is -0.487. The van der Waals surface area contributed by atoms with Crippen LogP contribution in [0.15, 0.2) is 59.6 Å². The molecule has 0 heterocycles. The number of aliphatic imine (C=N–C) groups is 1. The molecule has 1 amide bonds. The summed E-state index contributed by atoms with van der Waals surface area (Å²) in [5.41, 5.74) is 7.41. The van der Waals surface area contributed by atoms with Gasteiger partial charge in [-0.1, -0.05) is 49.4 Å². The van der Waals surface area contributed by atoms with E-state index in [9.17, 15) is 4.79 Å². The van der Waals surface area contributed by atoms with Gasteiger partial charge in [-0.05, 0) is 35.6 Å². The van der Waals surface area contributed by atoms with Crippen molar-refractivity contribution in [3.8, 4) is 5.75 Å². The van der Waals surface area contributed by atoms with Gasteiger partial charge in [0.25, 0.3) is 5.91 Å². The number of benzene rings is 2. The lowest BCUT2D eigenvalue weighted by Gasteiger charge is -2.16. The van der Waals surface area contributed by atoms with Crippen LogP contribution in [0.2, 0.25) is 0 Å². The molecule has 2 aromatic carbocycles. The van der Waals surface area contributed by atoms with Gasteiger partial charge in [-0.25, -0.2) is 0 Å². The molecule has 0 saturated heterocycles. The second-order valence-electron chi connectivity index (χ2n) is 7.13. The first-order valence-corrected chi connectivity index (χ1v) is 10.1. The van der Waals surface area contributed by atoms with E-state index in [1.54, 1.807) is 7.05 Å². The second-order valence-corrected chi connectivity index (χ2v) is 7.13. The van der Waals surface area contributed by atoms with Crippen molar-refractivity contribution in [1.29, 1.82) is 0 Å². The summed E-state index contributed by atoms with van der Waals surface area (Å²) in [7, 11) is 1.76. The zero-order valence-corrected chi connectivity index (χ0v) is 17.8. The Balaban J connectivity index is 1.61. The van der Waals surface area contributed by atoms with E-state index in [0.29, 0.717) is 24.9 Å². The Morgan fingerprint density at radius 1 is 1.07 bits per heavy atom. The van der Waals surface area contributed by atoms with Crippen LogP contribution in [-0.2, 0) is 22.6 Å². The first-order chi connectivity index (χ1) is 14.6. The Labute approximate surface area is 178 Å². The van der Waals surface area contributed by atoms with Crippen LogP contribution >= 0.6 is 0 Å². The maximum Gasteiger partial charge on any atom is 0.255 e. The third-order valence-electron chi connectivity index (χ3n) is 4.37. The lowest BCUT2D eigenvalue weighted by atomic mass is 10.1. The topological polar surface area (TPSA) is 98.0 Å². The highest BCUT2D eigenvalue weighted by molar-refractivity contribution is 5.79. The number of rotatable bonds is 12. The molecule has 0 bridgehead atoms. The Kier molecular flexibility index (Phi) is 10.2. The molecule has 4 N–H and O–H groups in total. The van der Waals surface area contributed by atoms with E-state index in [4.69, 9.17) is 15.2 Å². The normalized spacial score (nSPS) is 12.3. The number of guanidine groups is 1. The lowest BCUT2D eigenvalue weighted by molar-refractivity contribution is -0.119. The highest BCUT2D eigenvalue weighted by Gasteiger charge is 2.05. The van der Waals surface area contributed by atoms with Crippen molar-refractivity contribution in [2.45, 2.75) is 20.0 Å². The first kappa shape index (κ1) is 23.2. The third kappa shape index (κ3) is 9.43. The van der Waals surface area contributed by atoms with Crippen LogP contribution in [0.3, 0.4) is 0 Å². The van der Waals surface area contributed by atoms with Crippen molar-refractivity contribution in [2.24, 2.45) is 16.6 Å². The quantitative estimate of drug-likeness (QED) is 0.366. The molecule has 0 fully saturated rings. The highest BCUT2D eigenvalue weighted by Crippen LogP contribution is 2.12. The molecule has 0 saturated carbocycles. The van der Waals surface area contributed by atoms with Crippen LogP contribution in [0.4, 0.5) is 0 Å². The van der Waals surface area contributed by atoms with E-state index >= 15 is 0 Å². The monoisotopic (exact) mass is 412 g/mol. The maximum atomic E-state index is 10.7. The Hall–Kier alpha value is -3.06. The van der Waals surface area contributed by atoms with Gasteiger partial charge in [0.1, 0.15) is 5.75 Å². The molecule has 0 aliphatic heterocycles. The molecular formula is C23H32N4O3. The number of nitrogens with one attached hydrogen (secondary N) is 2. The van der Waals surface area contributed by atoms with Gasteiger partial charge in [-0.2, -0.15) is 0 Å². The molecule has 2 aromatic rings. The fourth-order valence-electron chi connectivity index (χ4n) is 2.73. The molecular weight excluding hydrogens is 380 g/mol. The average Bonchev–Trinajstić information content (AvgIpc) is 2.76. The summed E-state index contributed by atoms with van der Waals surface area (Å²) in [4.78, 5) is 15.0. The lowest BCUT2D eigenvalue weighted by Crippen LogP contribution is -2.40. The summed E-state index contributed by atoms with van der Waals surface area (Å²) in [6, 6.07) is 17.8. The van der Waals surface area contributed by atoms with Gasteiger partial charge in [0.2, 0.25) is 0 Å². The summed E-state index contributed by atoms with van der Waals surface area (Å²) in [5, 5.41) is 6.65. The number of ether oxygens (including phenoxy) is 2. The SMILES string of the molecule is CN=C(NCCc1ccc(OCC(N)=O)cc1)NCC(C)COCc1ccccc1. The van der Waals surface area contributed by atoms with Gasteiger partial charge >= 0.3 is 0 Å². The number of hydrogen-bond acceptors (Lipinski definition) is 4. The molecule has 0 aliphatic rings. The average molecular weight is 413 g/mol. The largest absolute Gasteiger partial charge is 0.484 e. The highest BCUT2D eigenvalue weighted by atomic mass is 16.5. The number of amides is 1. The number of hydrogen-bond donors (Lipinski definition) is 3. The van der Waals surface area contributed by atoms with E-state index in [2.05, 4.69) is 34.7 Å². The number of carbonyl (C=O) groups excluding carboxylic acids is 1. The zero-order chi connectivity index (χ0) is 21.6. The molecule has 0 spiro atoms. The predicted molar refractivity (Wildman–Crippen MR) is 119 cm³/mol. The van der Waals surface area contributed by atoms with Gasteiger partial charge in [-0.3, -0.25) is 9.79 Å². The van der Waals surface area contributed by atoms with Crippen molar-refractivity contribution in [2.75, 3.05) is 33.4 Å². The standard InChI is InChI=1S/C23H32N4O3/c1-18(15-29-16-20-6-4-3-5-7-20)14-27-23(25-2)26-13-12-19-8-10-21(11-9-19)30-17-22(24)28/h3-11,18H,12-17H2,1-2H3,(H2,24,28)(H2,25,26,27). The molecule has 0 radical (unpaired) electrons. The number of carbonyl (C=O) groups is 1. The number of nitrogens with zero attached hydrogens (tertiary/aromatic N) is 1. The van der Waals surface area contributed by atoms with Crippen molar-refractivity contribution in [3.05, 3.63) is 65.7 Å². The third-order valence-corrected chi connectivity index (χ3v) is 4.37. The molecule has 7 nitrogen and oxygen atoms in total. The zero-order valence-electron chi connectivity index (χ0n) is 17.8. The van der Waals surface area contributed by atoms with Crippen LogP contribution in [0.5, 0.6) is 5.75 Å². The van der Waals surface area contributed by atoms with E-state index < -0.39 is 5.91 Å². The Morgan fingerprint density at radius 2 is 1.80 bits per heavy atom. The summed E-state index contributed by atoms with van der Waals surface area (Å²) < 4.78 is 11.1. The van der Waals surface area contributed by atoms with Crippen LogP contribution in [0.1, 0.15) is 18.1 Å². The van der Waals surface area contributed by atoms with Crippen LogP contribution in [0.25, 0.3) is 0 Å². The summed E-state index contributed by atoms with van der Waals surface area (Å²) in [5.74, 6) is 1.28. The van der Waals surface area contributed by atoms with E-state index in [0.717, 1.165) is 31.0 Å². The van der Waals surface area contributed by atoms with Crippen molar-refractivity contribution in [3.63, 3.8) is 0 Å². The van der Waals surface area contributed by atoms with Gasteiger partial charge in [0.05, 0.1) is 13.2 Å². The van der Waals surface area contributed by atoms with E-state index in [-0.39, 0.29) is 6.61 Å². The van der Waals surface area contributed by atoms with Crippen LogP contribution < -0.4 is 21.1 Å². The van der Waals surface area contributed by atoms with Crippen LogP contribution in [0, 0.1) is 5.92 Å². The molecule has 0 aromatic heterocycles. The van der Waals surface area contributed by atoms with Crippen molar-refractivity contribution in [1.82, 2.24) is 10.6 Å². The smallest absolute Gasteiger partial charge is 0.255 e. The molecule has 30 heavy (non-hydrogen) atoms. The fourth-order valence-corrected chi connectivity index (χ4v) is 2.73. The molecule has 1 unspecified atom stereocenters. The fraction of sp³-hybridized carbons (Fsp3) is 0.391. The summed E-state index contributed by atoms with van der Waals surface area (Å²) in [6.45, 7) is 4.87. The van der Waals surface area contributed by atoms with E-state index in [1.165, 1.54) is 5.56 Å². The van der Waals surface area contributed by atoms with Crippen molar-refractivity contribution >= 4 is 11.9 Å². The second kappa shape index (κ2) is 13.2. The number of primary amides is 1. The Bertz CT molecular complexity index is 779. The molecule has 1 atom stereocenters. The van der Waals surface area contributed by atoms with Gasteiger partial charge in [0, 0.05) is 20.1 Å². The van der Waals surface area contributed by atoms with Gasteiger partial charge < -0.3 is 25.8 Å². The van der Waals surface area contributed by atoms with Crippen molar-refractivity contribution < 1.29 is 14.3 Å². The maximum absolute atomic E-state index is 10.7. The number of nitrogens with two attached hydrogens (primary N) is 1. The summed E-state index contributed by atoms with van der Waals surface area (Å²) >= 11 is 0. The molecule has 0 aliphatic carbocycles.